The molecular weight excluding hydrogens is 492 g/mol. The second kappa shape index (κ2) is 9.68. The Bertz CT molecular complexity index is 982. The summed E-state index contributed by atoms with van der Waals surface area (Å²) >= 11 is 7.42. The lowest BCUT2D eigenvalue weighted by molar-refractivity contribution is -0.0384. The van der Waals surface area contributed by atoms with Crippen LogP contribution in [0.1, 0.15) is 46.3 Å². The molecule has 0 unspecified atom stereocenters. The summed E-state index contributed by atoms with van der Waals surface area (Å²) in [5.41, 5.74) is 3.47. The van der Waals surface area contributed by atoms with Gasteiger partial charge in [-0.05, 0) is 56.9 Å². The van der Waals surface area contributed by atoms with Gasteiger partial charge in [-0.25, -0.2) is 9.18 Å². The first-order chi connectivity index (χ1) is 14.5. The van der Waals surface area contributed by atoms with Crippen molar-refractivity contribution in [1.82, 2.24) is 9.55 Å². The van der Waals surface area contributed by atoms with E-state index in [1.54, 1.807) is 18.3 Å². The van der Waals surface area contributed by atoms with Crippen molar-refractivity contribution in [3.63, 3.8) is 0 Å². The minimum Gasteiger partial charge on any atom is -0.383 e. The highest BCUT2D eigenvalue weighted by atomic mass is 32.9. The highest BCUT2D eigenvalue weighted by molar-refractivity contribution is 8.68. The third-order valence-corrected chi connectivity index (χ3v) is 12.5. The molecule has 3 aliphatic rings. The molecule has 1 aliphatic carbocycles. The van der Waals surface area contributed by atoms with Gasteiger partial charge in [0.05, 0.1) is 18.8 Å². The molecule has 0 amide bonds. The van der Waals surface area contributed by atoms with Gasteiger partial charge in [0.25, 0.3) is 0 Å². The Morgan fingerprint density at radius 3 is 2.97 bits per heavy atom. The summed E-state index contributed by atoms with van der Waals surface area (Å²) in [6, 6.07) is 1.44. The van der Waals surface area contributed by atoms with Gasteiger partial charge in [0, 0.05) is 16.9 Å². The average Bonchev–Trinajstić information content (AvgIpc) is 3.12. The molecule has 1 aromatic rings. The number of aromatic nitrogens is 2. The van der Waals surface area contributed by atoms with Crippen molar-refractivity contribution in [3.8, 4) is 0 Å². The lowest BCUT2D eigenvalue weighted by Gasteiger charge is -2.37. The Morgan fingerprint density at radius 1 is 1.59 bits per heavy atom. The first kappa shape index (κ1) is 26.2. The van der Waals surface area contributed by atoms with E-state index in [1.807, 2.05) is 0 Å². The van der Waals surface area contributed by atoms with Crippen molar-refractivity contribution in [2.24, 2.45) is 11.8 Å². The lowest BCUT2D eigenvalue weighted by atomic mass is 9.77. The number of hydrogen-bond donors (Lipinski definition) is 1. The topological polar surface area (TPSA) is 88.6 Å². The number of nitrogens with zero attached hydrogens (tertiary/aromatic N) is 2. The number of alkyl halides is 1. The van der Waals surface area contributed by atoms with E-state index < -0.39 is 35.8 Å². The summed E-state index contributed by atoms with van der Waals surface area (Å²) in [5, 5.41) is 0. The van der Waals surface area contributed by atoms with Gasteiger partial charge in [0.15, 0.2) is 12.4 Å². The molecule has 7 nitrogen and oxygen atoms in total. The number of rotatable bonds is 5. The van der Waals surface area contributed by atoms with Crippen LogP contribution in [0.15, 0.2) is 29.2 Å². The standard InChI is InChI=1S/C20H29FN3O4PS2.H2S/c1-11(2)13-5-7-20(4)15(9-13)28-29(30,31-20)26-10-14-12(3)17(21)18(27-14)24-8-6-16(22)23-19(24)25;/h6,8,12-15,17-18H,1,5,7,9-10H2,2-4H3,(H2,22,23,25);1H2/t12-,13-,14-,15+,17-,18-,20+,29+;/m1./s1. The fraction of sp³-hybridized carbons (Fsp3) is 0.700. The molecule has 0 radical (unpaired) electrons. The van der Waals surface area contributed by atoms with Crippen molar-refractivity contribution >= 4 is 48.2 Å². The molecule has 3 heterocycles. The summed E-state index contributed by atoms with van der Waals surface area (Å²) in [7, 11) is 0. The SMILES string of the molecule is C=C(C)[C@@H]1CC[C@]2(C)S[P@@](=S)(OC[C@H]3O[C@@H](n4ccc(N)nc4=O)[C@H](F)[C@@H]3C)O[C@H]2C1.S. The molecule has 0 spiro atoms. The summed E-state index contributed by atoms with van der Waals surface area (Å²) in [6.45, 7) is 10.2. The number of nitrogen functional groups attached to an aromatic ring is 1. The number of hydrogen-bond acceptors (Lipinski definition) is 8. The summed E-state index contributed by atoms with van der Waals surface area (Å²) in [6.07, 6.45) is 1.40. The Labute approximate surface area is 204 Å². The van der Waals surface area contributed by atoms with Gasteiger partial charge in [-0.1, -0.05) is 30.5 Å². The van der Waals surface area contributed by atoms with E-state index in [-0.39, 0.29) is 36.8 Å². The third kappa shape index (κ3) is 4.99. The lowest BCUT2D eigenvalue weighted by Crippen LogP contribution is -2.39. The Balaban J connectivity index is 0.00000289. The fourth-order valence-corrected chi connectivity index (χ4v) is 11.6. The molecule has 3 fully saturated rings. The maximum Gasteiger partial charge on any atom is 0.351 e. The van der Waals surface area contributed by atoms with E-state index in [9.17, 15) is 9.18 Å². The Hall–Kier alpha value is -0.420. The van der Waals surface area contributed by atoms with Gasteiger partial charge in [0.1, 0.15) is 5.82 Å². The van der Waals surface area contributed by atoms with Crippen LogP contribution in [-0.4, -0.2) is 39.3 Å². The van der Waals surface area contributed by atoms with Gasteiger partial charge >= 0.3 is 5.69 Å². The van der Waals surface area contributed by atoms with Crippen LogP contribution in [0.2, 0.25) is 0 Å². The maximum atomic E-state index is 15.0. The fourth-order valence-electron chi connectivity index (χ4n) is 4.48. The quantitative estimate of drug-likeness (QED) is 0.451. The number of ether oxygens (including phenoxy) is 1. The predicted octanol–water partition coefficient (Wildman–Crippen LogP) is 4.32. The molecule has 0 aromatic carbocycles. The van der Waals surface area contributed by atoms with Crippen LogP contribution in [0.4, 0.5) is 10.2 Å². The number of nitrogens with two attached hydrogens (primary N) is 1. The van der Waals surface area contributed by atoms with Crippen LogP contribution in [0.5, 0.6) is 0 Å². The monoisotopic (exact) mass is 523 g/mol. The number of allylic oxidation sites excluding steroid dienone is 1. The van der Waals surface area contributed by atoms with E-state index in [1.165, 1.54) is 17.8 Å². The van der Waals surface area contributed by atoms with Crippen molar-refractivity contribution in [2.75, 3.05) is 12.3 Å². The molecule has 2 N–H and O–H groups in total. The summed E-state index contributed by atoms with van der Waals surface area (Å²) < 4.78 is 34.3. The van der Waals surface area contributed by atoms with Crippen LogP contribution in [-0.2, 0) is 25.6 Å². The smallest absolute Gasteiger partial charge is 0.351 e. The van der Waals surface area contributed by atoms with Crippen LogP contribution < -0.4 is 11.4 Å². The second-order valence-electron chi connectivity index (χ2n) is 8.97. The van der Waals surface area contributed by atoms with Gasteiger partial charge in [-0.15, -0.1) is 0 Å². The number of fused-ring (bicyclic) bond motifs is 1. The van der Waals surface area contributed by atoms with Gasteiger partial charge in [-0.2, -0.15) is 18.5 Å². The van der Waals surface area contributed by atoms with E-state index >= 15 is 0 Å². The second-order valence-corrected chi connectivity index (χ2v) is 15.6. The first-order valence-corrected chi connectivity index (χ1v) is 14.5. The highest BCUT2D eigenvalue weighted by Crippen LogP contribution is 2.75. The van der Waals surface area contributed by atoms with Crippen LogP contribution in [0.25, 0.3) is 0 Å². The molecule has 0 bridgehead atoms. The molecular formula is C20H31FN3O4PS3. The summed E-state index contributed by atoms with van der Waals surface area (Å²) in [5.74, 6) is 0.0484. The predicted molar refractivity (Wildman–Crippen MR) is 135 cm³/mol. The molecule has 1 saturated carbocycles. The Morgan fingerprint density at radius 2 is 2.31 bits per heavy atom. The van der Waals surface area contributed by atoms with Crippen molar-refractivity contribution in [3.05, 3.63) is 34.9 Å². The van der Waals surface area contributed by atoms with E-state index in [0.717, 1.165) is 23.8 Å². The average molecular weight is 524 g/mol. The largest absolute Gasteiger partial charge is 0.383 e. The maximum absolute atomic E-state index is 15.0. The molecule has 8 atom stereocenters. The van der Waals surface area contributed by atoms with Crippen LogP contribution in [0, 0.1) is 11.8 Å². The molecule has 2 aliphatic heterocycles. The molecule has 4 rings (SSSR count). The molecule has 32 heavy (non-hydrogen) atoms. The van der Waals surface area contributed by atoms with Gasteiger partial charge < -0.3 is 19.5 Å². The van der Waals surface area contributed by atoms with Crippen molar-refractivity contribution in [1.29, 1.82) is 0 Å². The highest BCUT2D eigenvalue weighted by Gasteiger charge is 2.54. The minimum absolute atomic E-state index is 0. The summed E-state index contributed by atoms with van der Waals surface area (Å²) in [4.78, 5) is 15.8. The zero-order valence-electron chi connectivity index (χ0n) is 18.4. The van der Waals surface area contributed by atoms with Crippen molar-refractivity contribution in [2.45, 2.75) is 69.4 Å². The van der Waals surface area contributed by atoms with Gasteiger partial charge in [0.2, 0.25) is 5.69 Å². The van der Waals surface area contributed by atoms with E-state index in [0.29, 0.717) is 5.92 Å². The molecule has 180 valence electrons. The van der Waals surface area contributed by atoms with Crippen molar-refractivity contribution < 1.29 is 18.2 Å². The Kier molecular flexibility index (Phi) is 7.92. The van der Waals surface area contributed by atoms with Crippen LogP contribution >= 0.6 is 30.6 Å². The van der Waals surface area contributed by atoms with E-state index in [4.69, 9.17) is 31.3 Å². The normalized spacial score (nSPS) is 41.1. The molecule has 1 aromatic heterocycles. The third-order valence-electron chi connectivity index (χ3n) is 6.64. The number of halogens is 1. The van der Waals surface area contributed by atoms with Gasteiger partial charge in [-0.3, -0.25) is 4.57 Å². The number of anilines is 1. The molecule has 2 saturated heterocycles. The zero-order chi connectivity index (χ0) is 22.6. The zero-order valence-corrected chi connectivity index (χ0v) is 21.9. The van der Waals surface area contributed by atoms with Crippen LogP contribution in [0.3, 0.4) is 0 Å². The molecule has 12 heteroatoms. The van der Waals surface area contributed by atoms with E-state index in [2.05, 4.69) is 25.4 Å². The minimum atomic E-state index is -2.58. The first-order valence-electron chi connectivity index (χ1n) is 10.4.